The van der Waals surface area contributed by atoms with Crippen LogP contribution in [0.1, 0.15) is 38.3 Å². The third kappa shape index (κ3) is 5.28. The molecule has 0 fully saturated rings. The van der Waals surface area contributed by atoms with E-state index in [1.54, 1.807) is 0 Å². The Balaban J connectivity index is 2.87. The highest BCUT2D eigenvalue weighted by molar-refractivity contribution is 5.42. The van der Waals surface area contributed by atoms with Crippen molar-refractivity contribution in [3.05, 3.63) is 23.8 Å². The molecule has 3 nitrogen and oxygen atoms in total. The molecule has 6 heteroatoms. The minimum Gasteiger partial charge on any atom is -0.496 e. The fourth-order valence-corrected chi connectivity index (χ4v) is 1.86. The first-order valence-corrected chi connectivity index (χ1v) is 6.42. The average Bonchev–Trinajstić information content (AvgIpc) is 2.33. The summed E-state index contributed by atoms with van der Waals surface area (Å²) >= 11 is 0. The van der Waals surface area contributed by atoms with E-state index in [-0.39, 0.29) is 11.8 Å². The summed E-state index contributed by atoms with van der Waals surface area (Å²) in [5.41, 5.74) is 6.74. The quantitative estimate of drug-likeness (QED) is 0.860. The van der Waals surface area contributed by atoms with Crippen molar-refractivity contribution in [2.24, 2.45) is 11.7 Å². The van der Waals surface area contributed by atoms with Gasteiger partial charge in [-0.05, 0) is 24.8 Å². The van der Waals surface area contributed by atoms with Crippen molar-refractivity contribution in [2.75, 3.05) is 7.11 Å². The summed E-state index contributed by atoms with van der Waals surface area (Å²) in [6, 6.07) is 3.70. The number of alkyl halides is 3. The van der Waals surface area contributed by atoms with Gasteiger partial charge in [0.15, 0.2) is 0 Å². The summed E-state index contributed by atoms with van der Waals surface area (Å²) in [5.74, 6) is 0.511. The van der Waals surface area contributed by atoms with E-state index in [2.05, 4.69) is 18.6 Å². The monoisotopic (exact) mass is 291 g/mol. The molecule has 1 aromatic rings. The molecule has 1 rings (SSSR count). The van der Waals surface area contributed by atoms with Crippen molar-refractivity contribution in [1.82, 2.24) is 0 Å². The van der Waals surface area contributed by atoms with Crippen molar-refractivity contribution in [2.45, 2.75) is 39.1 Å². The van der Waals surface area contributed by atoms with Crippen molar-refractivity contribution >= 4 is 0 Å². The smallest absolute Gasteiger partial charge is 0.496 e. The van der Waals surface area contributed by atoms with Gasteiger partial charge in [0.1, 0.15) is 11.5 Å². The summed E-state index contributed by atoms with van der Waals surface area (Å²) in [4.78, 5) is 0. The first-order valence-electron chi connectivity index (χ1n) is 6.42. The van der Waals surface area contributed by atoms with E-state index in [9.17, 15) is 13.2 Å². The first-order chi connectivity index (χ1) is 9.23. The zero-order chi connectivity index (χ0) is 15.3. The van der Waals surface area contributed by atoms with E-state index in [0.29, 0.717) is 17.2 Å². The number of halogens is 3. The molecule has 0 amide bonds. The Kier molecular flexibility index (Phi) is 5.68. The van der Waals surface area contributed by atoms with Crippen molar-refractivity contribution in [3.63, 3.8) is 0 Å². The lowest BCUT2D eigenvalue weighted by molar-refractivity contribution is -0.274. The van der Waals surface area contributed by atoms with Crippen molar-refractivity contribution < 1.29 is 22.6 Å². The lowest BCUT2D eigenvalue weighted by atomic mass is 9.97. The normalized spacial score (nSPS) is 13.4. The summed E-state index contributed by atoms with van der Waals surface area (Å²) in [5, 5.41) is 0. The highest BCUT2D eigenvalue weighted by Gasteiger charge is 2.31. The Morgan fingerprint density at radius 3 is 2.35 bits per heavy atom. The number of rotatable bonds is 6. The van der Waals surface area contributed by atoms with Gasteiger partial charge in [-0.2, -0.15) is 0 Å². The van der Waals surface area contributed by atoms with Crippen LogP contribution in [0.5, 0.6) is 11.5 Å². The van der Waals surface area contributed by atoms with Crippen LogP contribution < -0.4 is 15.2 Å². The highest BCUT2D eigenvalue weighted by Crippen LogP contribution is 2.33. The zero-order valence-corrected chi connectivity index (χ0v) is 11.8. The molecule has 0 unspecified atom stereocenters. The SMILES string of the molecule is COc1cc(OC(F)(F)F)ccc1[C@H](N)CCC(C)C. The van der Waals surface area contributed by atoms with Gasteiger partial charge in [-0.25, -0.2) is 0 Å². The summed E-state index contributed by atoms with van der Waals surface area (Å²) in [6.45, 7) is 4.18. The molecule has 2 N–H and O–H groups in total. The molecule has 1 atom stereocenters. The summed E-state index contributed by atoms with van der Waals surface area (Å²) in [7, 11) is 1.39. The fraction of sp³-hybridized carbons (Fsp3) is 0.571. The maximum atomic E-state index is 12.2. The van der Waals surface area contributed by atoms with Gasteiger partial charge in [-0.3, -0.25) is 0 Å². The number of benzene rings is 1. The van der Waals surface area contributed by atoms with Gasteiger partial charge in [0.05, 0.1) is 7.11 Å². The van der Waals surface area contributed by atoms with Gasteiger partial charge in [-0.15, -0.1) is 13.2 Å². The van der Waals surface area contributed by atoms with Crippen LogP contribution in [0.25, 0.3) is 0 Å². The van der Waals surface area contributed by atoms with Crippen LogP contribution in [-0.4, -0.2) is 13.5 Å². The Bertz CT molecular complexity index is 433. The lowest BCUT2D eigenvalue weighted by Crippen LogP contribution is -2.17. The number of methoxy groups -OCH3 is 1. The predicted molar refractivity (Wildman–Crippen MR) is 70.7 cm³/mol. The van der Waals surface area contributed by atoms with Crippen LogP contribution in [-0.2, 0) is 0 Å². The van der Waals surface area contributed by atoms with Gasteiger partial charge >= 0.3 is 6.36 Å². The van der Waals surface area contributed by atoms with Gasteiger partial charge in [0.25, 0.3) is 0 Å². The molecule has 0 aliphatic heterocycles. The molecular weight excluding hydrogens is 271 g/mol. The molecule has 0 heterocycles. The second-order valence-corrected chi connectivity index (χ2v) is 5.03. The first kappa shape index (κ1) is 16.6. The molecule has 1 aromatic carbocycles. The Morgan fingerprint density at radius 1 is 1.20 bits per heavy atom. The molecule has 0 aromatic heterocycles. The van der Waals surface area contributed by atoms with E-state index >= 15 is 0 Å². The molecule has 0 aliphatic rings. The third-order valence-corrected chi connectivity index (χ3v) is 2.89. The second-order valence-electron chi connectivity index (χ2n) is 5.03. The fourth-order valence-electron chi connectivity index (χ4n) is 1.86. The number of hydrogen-bond donors (Lipinski definition) is 1. The Labute approximate surface area is 116 Å². The van der Waals surface area contributed by atoms with Crippen LogP contribution in [0.15, 0.2) is 18.2 Å². The molecule has 20 heavy (non-hydrogen) atoms. The van der Waals surface area contributed by atoms with Crippen LogP contribution in [0.4, 0.5) is 13.2 Å². The number of nitrogens with two attached hydrogens (primary N) is 1. The third-order valence-electron chi connectivity index (χ3n) is 2.89. The standard InChI is InChI=1S/C14H20F3NO2/c1-9(2)4-7-12(18)11-6-5-10(8-13(11)19-3)20-14(15,16)17/h5-6,8-9,12H,4,7,18H2,1-3H3/t12-/m1/s1. The van der Waals surface area contributed by atoms with E-state index < -0.39 is 6.36 Å². The highest BCUT2D eigenvalue weighted by atomic mass is 19.4. The van der Waals surface area contributed by atoms with Gasteiger partial charge in [-0.1, -0.05) is 19.9 Å². The molecule has 0 radical (unpaired) electrons. The van der Waals surface area contributed by atoms with Gasteiger partial charge in [0.2, 0.25) is 0 Å². The van der Waals surface area contributed by atoms with E-state index in [1.165, 1.54) is 25.3 Å². The van der Waals surface area contributed by atoms with E-state index in [0.717, 1.165) is 12.8 Å². The average molecular weight is 291 g/mol. The maximum Gasteiger partial charge on any atom is 0.573 e. The van der Waals surface area contributed by atoms with Gasteiger partial charge in [0, 0.05) is 17.7 Å². The van der Waals surface area contributed by atoms with Crippen LogP contribution in [0.2, 0.25) is 0 Å². The lowest BCUT2D eigenvalue weighted by Gasteiger charge is -2.18. The van der Waals surface area contributed by atoms with E-state index in [1.807, 2.05) is 0 Å². The molecule has 0 bridgehead atoms. The molecule has 0 aliphatic carbocycles. The van der Waals surface area contributed by atoms with E-state index in [4.69, 9.17) is 10.5 Å². The maximum absolute atomic E-state index is 12.2. The van der Waals surface area contributed by atoms with Crippen LogP contribution in [0.3, 0.4) is 0 Å². The Hall–Kier alpha value is -1.43. The summed E-state index contributed by atoms with van der Waals surface area (Å²) < 4.78 is 45.4. The second kappa shape index (κ2) is 6.83. The molecule has 0 spiro atoms. The molecular formula is C14H20F3NO2. The Morgan fingerprint density at radius 2 is 1.85 bits per heavy atom. The topological polar surface area (TPSA) is 44.5 Å². The van der Waals surface area contributed by atoms with Crippen LogP contribution >= 0.6 is 0 Å². The van der Waals surface area contributed by atoms with Crippen molar-refractivity contribution in [1.29, 1.82) is 0 Å². The zero-order valence-electron chi connectivity index (χ0n) is 11.8. The van der Waals surface area contributed by atoms with Crippen molar-refractivity contribution in [3.8, 4) is 11.5 Å². The minimum absolute atomic E-state index is 0.271. The molecule has 114 valence electrons. The predicted octanol–water partition coefficient (Wildman–Crippen LogP) is 4.03. The summed E-state index contributed by atoms with van der Waals surface area (Å²) in [6.07, 6.45) is -3.04. The van der Waals surface area contributed by atoms with Crippen LogP contribution in [0, 0.1) is 5.92 Å². The molecule has 0 saturated heterocycles. The largest absolute Gasteiger partial charge is 0.573 e. The number of ether oxygens (including phenoxy) is 2. The molecule has 0 saturated carbocycles. The van der Waals surface area contributed by atoms with Gasteiger partial charge < -0.3 is 15.2 Å². The number of hydrogen-bond acceptors (Lipinski definition) is 3. The minimum atomic E-state index is -4.72.